The molecule has 0 saturated heterocycles. The van der Waals surface area contributed by atoms with Gasteiger partial charge in [0, 0.05) is 40.7 Å². The molecule has 90 valence electrons. The maximum absolute atomic E-state index is 8.98. The third kappa shape index (κ3) is 2.21. The number of rotatable bonds is 3. The van der Waals surface area contributed by atoms with Crippen molar-refractivity contribution in [2.24, 2.45) is 0 Å². The van der Waals surface area contributed by atoms with Gasteiger partial charge in [-0.15, -0.1) is 0 Å². The normalized spacial score (nSPS) is 10.8. The zero-order valence-electron chi connectivity index (χ0n) is 9.52. The number of pyridine rings is 1. The second-order valence-electron chi connectivity index (χ2n) is 3.84. The van der Waals surface area contributed by atoms with Gasteiger partial charge in [-0.3, -0.25) is 0 Å². The number of aromatic nitrogens is 1. The molecule has 2 aromatic rings. The van der Waals surface area contributed by atoms with E-state index in [1.54, 1.807) is 6.20 Å². The Labute approximate surface area is 108 Å². The van der Waals surface area contributed by atoms with Crippen molar-refractivity contribution in [2.75, 3.05) is 30.8 Å². The Balaban J connectivity index is 2.66. The lowest BCUT2D eigenvalue weighted by molar-refractivity contribution is 0.304. The third-order valence-electron chi connectivity index (χ3n) is 2.67. The molecule has 0 amide bonds. The summed E-state index contributed by atoms with van der Waals surface area (Å²) in [6.45, 7) is 0.636. The Kier molecular flexibility index (Phi) is 3.49. The molecule has 1 aromatic carbocycles. The lowest BCUT2D eigenvalue weighted by Crippen LogP contribution is -2.22. The zero-order valence-corrected chi connectivity index (χ0v) is 11.1. The number of anilines is 2. The van der Waals surface area contributed by atoms with Crippen LogP contribution in [0.5, 0.6) is 0 Å². The fourth-order valence-electron chi connectivity index (χ4n) is 1.84. The third-order valence-corrected chi connectivity index (χ3v) is 3.27. The fraction of sp³-hybridized carbons (Fsp3) is 0.250. The molecule has 0 fully saturated rings. The van der Waals surface area contributed by atoms with Crippen LogP contribution in [0.25, 0.3) is 10.8 Å². The fourth-order valence-corrected chi connectivity index (χ4v) is 2.38. The number of fused-ring (bicyclic) bond motifs is 1. The average Bonchev–Trinajstić information content (AvgIpc) is 2.29. The van der Waals surface area contributed by atoms with Crippen LogP contribution < -0.4 is 10.6 Å². The van der Waals surface area contributed by atoms with Crippen LogP contribution in [0, 0.1) is 0 Å². The van der Waals surface area contributed by atoms with Gasteiger partial charge in [-0.2, -0.15) is 0 Å². The molecular weight excluding hydrogens is 282 g/mol. The minimum atomic E-state index is 0.0953. The molecule has 0 atom stereocenters. The van der Waals surface area contributed by atoms with Crippen molar-refractivity contribution in [3.63, 3.8) is 0 Å². The second kappa shape index (κ2) is 4.89. The number of nitrogens with zero attached hydrogens (tertiary/aromatic N) is 2. The summed E-state index contributed by atoms with van der Waals surface area (Å²) >= 11 is 3.46. The maximum atomic E-state index is 8.98. The van der Waals surface area contributed by atoms with Gasteiger partial charge < -0.3 is 15.7 Å². The molecule has 5 heteroatoms. The van der Waals surface area contributed by atoms with Crippen LogP contribution in [0.15, 0.2) is 28.9 Å². The van der Waals surface area contributed by atoms with Crippen molar-refractivity contribution in [1.82, 2.24) is 4.98 Å². The van der Waals surface area contributed by atoms with Gasteiger partial charge >= 0.3 is 0 Å². The molecule has 0 spiro atoms. The first-order valence-electron chi connectivity index (χ1n) is 5.30. The van der Waals surface area contributed by atoms with Gasteiger partial charge in [0.05, 0.1) is 6.61 Å². The van der Waals surface area contributed by atoms with Crippen LogP contribution >= 0.6 is 15.9 Å². The predicted molar refractivity (Wildman–Crippen MR) is 74.2 cm³/mol. The molecule has 0 aliphatic carbocycles. The molecule has 4 nitrogen and oxygen atoms in total. The van der Waals surface area contributed by atoms with E-state index in [9.17, 15) is 0 Å². The first kappa shape index (κ1) is 12.1. The van der Waals surface area contributed by atoms with Crippen molar-refractivity contribution >= 4 is 38.2 Å². The van der Waals surface area contributed by atoms with Gasteiger partial charge in [0.1, 0.15) is 5.82 Å². The number of benzene rings is 1. The van der Waals surface area contributed by atoms with E-state index in [2.05, 4.69) is 20.9 Å². The smallest absolute Gasteiger partial charge is 0.136 e. The zero-order chi connectivity index (χ0) is 12.4. The first-order valence-corrected chi connectivity index (χ1v) is 6.09. The van der Waals surface area contributed by atoms with E-state index in [1.165, 1.54) is 0 Å². The quantitative estimate of drug-likeness (QED) is 0.851. The minimum absolute atomic E-state index is 0.0953. The molecule has 0 bridgehead atoms. The topological polar surface area (TPSA) is 62.4 Å². The van der Waals surface area contributed by atoms with Crippen molar-refractivity contribution in [3.05, 3.63) is 28.9 Å². The molecule has 0 aliphatic heterocycles. The summed E-state index contributed by atoms with van der Waals surface area (Å²) in [4.78, 5) is 6.29. The summed E-state index contributed by atoms with van der Waals surface area (Å²) in [5.41, 5.74) is 6.69. The van der Waals surface area contributed by atoms with Crippen molar-refractivity contribution < 1.29 is 5.11 Å². The highest BCUT2D eigenvalue weighted by Gasteiger charge is 2.11. The molecule has 3 N–H and O–H groups in total. The SMILES string of the molecule is CN(CCO)c1ncc(Br)c2c(N)cccc12. The standard InChI is InChI=1S/C12H14BrN3O/c1-16(5-6-17)12-8-3-2-4-10(14)11(8)9(13)7-15-12/h2-4,7,17H,5-6,14H2,1H3. The van der Waals surface area contributed by atoms with Crippen molar-refractivity contribution in [2.45, 2.75) is 0 Å². The van der Waals surface area contributed by atoms with Gasteiger partial charge in [0.25, 0.3) is 0 Å². The van der Waals surface area contributed by atoms with E-state index >= 15 is 0 Å². The molecular formula is C12H14BrN3O. The van der Waals surface area contributed by atoms with Crippen LogP contribution in [0.1, 0.15) is 0 Å². The molecule has 17 heavy (non-hydrogen) atoms. The highest BCUT2D eigenvalue weighted by Crippen LogP contribution is 2.33. The Morgan fingerprint density at radius 2 is 2.24 bits per heavy atom. The Bertz CT molecular complexity index is 536. The monoisotopic (exact) mass is 295 g/mol. The Morgan fingerprint density at radius 1 is 1.47 bits per heavy atom. The van der Waals surface area contributed by atoms with Crippen LogP contribution in [0.3, 0.4) is 0 Å². The van der Waals surface area contributed by atoms with E-state index in [0.717, 1.165) is 26.8 Å². The van der Waals surface area contributed by atoms with Gasteiger partial charge in [0.2, 0.25) is 0 Å². The molecule has 0 unspecified atom stereocenters. The average molecular weight is 296 g/mol. The number of halogens is 1. The number of nitrogen functional groups attached to an aromatic ring is 1. The van der Waals surface area contributed by atoms with Crippen molar-refractivity contribution in [3.8, 4) is 0 Å². The molecule has 1 heterocycles. The number of aliphatic hydroxyl groups is 1. The molecule has 1 aromatic heterocycles. The second-order valence-corrected chi connectivity index (χ2v) is 4.70. The number of hydrogen-bond acceptors (Lipinski definition) is 4. The van der Waals surface area contributed by atoms with Gasteiger partial charge in [-0.25, -0.2) is 4.98 Å². The Hall–Kier alpha value is -1.33. The summed E-state index contributed by atoms with van der Waals surface area (Å²) < 4.78 is 0.881. The minimum Gasteiger partial charge on any atom is -0.398 e. The van der Waals surface area contributed by atoms with Crippen molar-refractivity contribution in [1.29, 1.82) is 0 Å². The summed E-state index contributed by atoms with van der Waals surface area (Å²) in [6, 6.07) is 5.75. The summed E-state index contributed by atoms with van der Waals surface area (Å²) in [5.74, 6) is 0.824. The summed E-state index contributed by atoms with van der Waals surface area (Å²) in [6.07, 6.45) is 1.74. The van der Waals surface area contributed by atoms with E-state index in [4.69, 9.17) is 10.8 Å². The van der Waals surface area contributed by atoms with Crippen LogP contribution in [0.4, 0.5) is 11.5 Å². The summed E-state index contributed by atoms with van der Waals surface area (Å²) in [5, 5.41) is 10.9. The largest absolute Gasteiger partial charge is 0.398 e. The lowest BCUT2D eigenvalue weighted by atomic mass is 10.1. The maximum Gasteiger partial charge on any atom is 0.136 e. The molecule has 0 aliphatic rings. The lowest BCUT2D eigenvalue weighted by Gasteiger charge is -2.19. The first-order chi connectivity index (χ1) is 8.15. The molecule has 2 rings (SSSR count). The van der Waals surface area contributed by atoms with E-state index < -0.39 is 0 Å². The van der Waals surface area contributed by atoms with Gasteiger partial charge in [-0.1, -0.05) is 12.1 Å². The van der Waals surface area contributed by atoms with E-state index in [-0.39, 0.29) is 6.61 Å². The number of aliphatic hydroxyl groups excluding tert-OH is 1. The number of nitrogens with two attached hydrogens (primary N) is 1. The highest BCUT2D eigenvalue weighted by molar-refractivity contribution is 9.10. The number of hydrogen-bond donors (Lipinski definition) is 2. The molecule has 0 radical (unpaired) electrons. The van der Waals surface area contributed by atoms with Gasteiger partial charge in [0.15, 0.2) is 0 Å². The molecule has 0 saturated carbocycles. The Morgan fingerprint density at radius 3 is 2.94 bits per heavy atom. The predicted octanol–water partition coefficient (Wildman–Crippen LogP) is 2.01. The number of likely N-dealkylation sites (N-methyl/N-ethyl adjacent to an activating group) is 1. The van der Waals surface area contributed by atoms with Crippen LogP contribution in [-0.4, -0.2) is 30.3 Å². The van der Waals surface area contributed by atoms with E-state index in [0.29, 0.717) is 6.54 Å². The highest BCUT2D eigenvalue weighted by atomic mass is 79.9. The van der Waals surface area contributed by atoms with Crippen LogP contribution in [-0.2, 0) is 0 Å². The van der Waals surface area contributed by atoms with Crippen LogP contribution in [0.2, 0.25) is 0 Å². The summed E-state index contributed by atoms with van der Waals surface area (Å²) in [7, 11) is 1.90. The van der Waals surface area contributed by atoms with E-state index in [1.807, 2.05) is 30.1 Å². The van der Waals surface area contributed by atoms with Gasteiger partial charge in [-0.05, 0) is 22.0 Å².